The van der Waals surface area contributed by atoms with Gasteiger partial charge in [-0.05, 0) is 31.9 Å². The zero-order valence-electron chi connectivity index (χ0n) is 11.5. The average molecular weight is 270 g/mol. The van der Waals surface area contributed by atoms with Crippen molar-refractivity contribution in [2.45, 2.75) is 38.6 Å². The Morgan fingerprint density at radius 1 is 1.30 bits per heavy atom. The number of carbonyl (C=O) groups excluding carboxylic acids is 1. The van der Waals surface area contributed by atoms with E-state index in [9.17, 15) is 4.79 Å². The lowest BCUT2D eigenvalue weighted by Gasteiger charge is -2.14. The van der Waals surface area contributed by atoms with Gasteiger partial charge < -0.3 is 5.32 Å². The average Bonchev–Trinajstić information content (AvgIpc) is 3.08. The first-order valence-corrected chi connectivity index (χ1v) is 7.02. The van der Waals surface area contributed by atoms with E-state index in [-0.39, 0.29) is 5.91 Å². The molecule has 20 heavy (non-hydrogen) atoms. The summed E-state index contributed by atoms with van der Waals surface area (Å²) in [5.41, 5.74) is 1.27. The molecule has 0 aromatic carbocycles. The molecule has 1 N–H and O–H groups in total. The second kappa shape index (κ2) is 5.45. The van der Waals surface area contributed by atoms with Crippen LogP contribution in [-0.2, 0) is 0 Å². The van der Waals surface area contributed by atoms with Crippen molar-refractivity contribution in [2.24, 2.45) is 0 Å². The van der Waals surface area contributed by atoms with Crippen molar-refractivity contribution in [2.75, 3.05) is 5.32 Å². The van der Waals surface area contributed by atoms with E-state index >= 15 is 0 Å². The zero-order chi connectivity index (χ0) is 13.9. The minimum absolute atomic E-state index is 0.187. The summed E-state index contributed by atoms with van der Waals surface area (Å²) in [7, 11) is 0. The predicted octanol–water partition coefficient (Wildman–Crippen LogP) is 2.95. The molecule has 1 amide bonds. The van der Waals surface area contributed by atoms with Crippen molar-refractivity contribution < 1.29 is 4.79 Å². The Balaban J connectivity index is 1.78. The molecule has 2 aromatic heterocycles. The van der Waals surface area contributed by atoms with Crippen LogP contribution in [0.3, 0.4) is 0 Å². The molecule has 1 saturated carbocycles. The Labute approximate surface area is 118 Å². The van der Waals surface area contributed by atoms with Gasteiger partial charge in [0.05, 0.1) is 12.2 Å². The second-order valence-electron chi connectivity index (χ2n) is 5.22. The van der Waals surface area contributed by atoms with E-state index in [2.05, 4.69) is 15.4 Å². The van der Waals surface area contributed by atoms with Gasteiger partial charge in [-0.15, -0.1) is 0 Å². The summed E-state index contributed by atoms with van der Waals surface area (Å²) in [4.78, 5) is 16.5. The highest BCUT2D eigenvalue weighted by Gasteiger charge is 2.20. The molecule has 1 aliphatic carbocycles. The van der Waals surface area contributed by atoms with Crippen LogP contribution >= 0.6 is 0 Å². The van der Waals surface area contributed by atoms with Gasteiger partial charge >= 0.3 is 0 Å². The molecule has 0 aliphatic heterocycles. The van der Waals surface area contributed by atoms with Crippen molar-refractivity contribution in [3.8, 4) is 0 Å². The molecular formula is C15H18N4O. The predicted molar refractivity (Wildman–Crippen MR) is 76.7 cm³/mol. The Hall–Kier alpha value is -2.17. The van der Waals surface area contributed by atoms with Gasteiger partial charge in [-0.3, -0.25) is 4.79 Å². The number of aryl methyl sites for hydroxylation is 1. The molecule has 2 aromatic rings. The number of pyridine rings is 1. The monoisotopic (exact) mass is 270 g/mol. The Morgan fingerprint density at radius 3 is 2.85 bits per heavy atom. The van der Waals surface area contributed by atoms with Crippen LogP contribution in [0.5, 0.6) is 0 Å². The summed E-state index contributed by atoms with van der Waals surface area (Å²) < 4.78 is 1.93. The third-order valence-corrected chi connectivity index (χ3v) is 3.70. The molecule has 0 unspecified atom stereocenters. The van der Waals surface area contributed by atoms with Gasteiger partial charge in [-0.25, -0.2) is 9.67 Å². The fourth-order valence-electron chi connectivity index (χ4n) is 2.70. The van der Waals surface area contributed by atoms with Gasteiger partial charge in [-0.1, -0.05) is 18.9 Å². The molecule has 5 nitrogen and oxygen atoms in total. The van der Waals surface area contributed by atoms with Gasteiger partial charge in [-0.2, -0.15) is 5.10 Å². The molecule has 1 fully saturated rings. The molecule has 0 bridgehead atoms. The largest absolute Gasteiger partial charge is 0.305 e. The molecular weight excluding hydrogens is 252 g/mol. The summed E-state index contributed by atoms with van der Waals surface area (Å²) in [6.45, 7) is 1.87. The molecule has 1 aliphatic rings. The highest BCUT2D eigenvalue weighted by atomic mass is 16.2. The van der Waals surface area contributed by atoms with Gasteiger partial charge in [0, 0.05) is 11.8 Å². The van der Waals surface area contributed by atoms with Crippen molar-refractivity contribution in [1.29, 1.82) is 0 Å². The van der Waals surface area contributed by atoms with Crippen LogP contribution < -0.4 is 5.32 Å². The van der Waals surface area contributed by atoms with Crippen molar-refractivity contribution >= 4 is 11.7 Å². The van der Waals surface area contributed by atoms with Crippen LogP contribution in [0.1, 0.15) is 47.9 Å². The first-order valence-electron chi connectivity index (χ1n) is 7.02. The molecule has 0 saturated heterocycles. The van der Waals surface area contributed by atoms with E-state index < -0.39 is 0 Å². The summed E-state index contributed by atoms with van der Waals surface area (Å²) in [6, 6.07) is 7.68. The van der Waals surface area contributed by atoms with Crippen molar-refractivity contribution in [3.05, 3.63) is 41.9 Å². The molecule has 0 radical (unpaired) electrons. The number of nitrogens with one attached hydrogen (secondary N) is 1. The van der Waals surface area contributed by atoms with Gasteiger partial charge in [0.15, 0.2) is 0 Å². The standard InChI is InChI=1S/C15H18N4O/c1-11-5-4-8-13(17-11)15(20)18-14-9-10-16-19(14)12-6-2-3-7-12/h4-5,8-10,12H,2-3,6-7H2,1H3,(H,18,20). The number of amides is 1. The van der Waals surface area contributed by atoms with E-state index in [0.717, 1.165) is 24.4 Å². The highest BCUT2D eigenvalue weighted by Crippen LogP contribution is 2.31. The third kappa shape index (κ3) is 2.57. The summed E-state index contributed by atoms with van der Waals surface area (Å²) in [6.07, 6.45) is 6.47. The Morgan fingerprint density at radius 2 is 2.10 bits per heavy atom. The quantitative estimate of drug-likeness (QED) is 0.932. The lowest BCUT2D eigenvalue weighted by molar-refractivity contribution is 0.102. The Kier molecular flexibility index (Phi) is 3.50. The maximum atomic E-state index is 12.2. The van der Waals surface area contributed by atoms with Gasteiger partial charge in [0.2, 0.25) is 0 Å². The maximum absolute atomic E-state index is 12.2. The molecule has 0 atom stereocenters. The molecule has 2 heterocycles. The molecule has 0 spiro atoms. The molecule has 5 heteroatoms. The van der Waals surface area contributed by atoms with E-state index in [1.165, 1.54) is 12.8 Å². The topological polar surface area (TPSA) is 59.8 Å². The van der Waals surface area contributed by atoms with Crippen LogP contribution in [0.15, 0.2) is 30.5 Å². The van der Waals surface area contributed by atoms with Crippen LogP contribution in [-0.4, -0.2) is 20.7 Å². The second-order valence-corrected chi connectivity index (χ2v) is 5.22. The van der Waals surface area contributed by atoms with E-state index in [1.54, 1.807) is 12.3 Å². The summed E-state index contributed by atoms with van der Waals surface area (Å²) >= 11 is 0. The van der Waals surface area contributed by atoms with E-state index in [1.807, 2.05) is 29.8 Å². The lowest BCUT2D eigenvalue weighted by Crippen LogP contribution is -2.18. The van der Waals surface area contributed by atoms with Crippen LogP contribution in [0.25, 0.3) is 0 Å². The van der Waals surface area contributed by atoms with E-state index in [4.69, 9.17) is 0 Å². The van der Waals surface area contributed by atoms with Gasteiger partial charge in [0.1, 0.15) is 11.5 Å². The van der Waals surface area contributed by atoms with Crippen molar-refractivity contribution in [3.63, 3.8) is 0 Å². The number of carbonyl (C=O) groups is 1. The smallest absolute Gasteiger partial charge is 0.275 e. The fraction of sp³-hybridized carbons (Fsp3) is 0.400. The summed E-state index contributed by atoms with van der Waals surface area (Å²) in [5, 5.41) is 7.25. The van der Waals surface area contributed by atoms with Crippen LogP contribution in [0.4, 0.5) is 5.82 Å². The maximum Gasteiger partial charge on any atom is 0.275 e. The SMILES string of the molecule is Cc1cccc(C(=O)Nc2ccnn2C2CCCC2)n1. The zero-order valence-corrected chi connectivity index (χ0v) is 11.5. The minimum atomic E-state index is -0.187. The van der Waals surface area contributed by atoms with Crippen molar-refractivity contribution in [1.82, 2.24) is 14.8 Å². The summed E-state index contributed by atoms with van der Waals surface area (Å²) in [5.74, 6) is 0.568. The first-order chi connectivity index (χ1) is 9.74. The Bertz CT molecular complexity index is 614. The number of hydrogen-bond acceptors (Lipinski definition) is 3. The first kappa shape index (κ1) is 12.8. The fourth-order valence-corrected chi connectivity index (χ4v) is 2.70. The molecule has 104 valence electrons. The number of rotatable bonds is 3. The van der Waals surface area contributed by atoms with Crippen LogP contribution in [0.2, 0.25) is 0 Å². The lowest BCUT2D eigenvalue weighted by atomic mass is 10.2. The molecule has 3 rings (SSSR count). The minimum Gasteiger partial charge on any atom is -0.305 e. The van der Waals surface area contributed by atoms with Gasteiger partial charge in [0.25, 0.3) is 5.91 Å². The number of nitrogens with zero attached hydrogens (tertiary/aromatic N) is 3. The normalized spacial score (nSPS) is 15.4. The van der Waals surface area contributed by atoms with Crippen LogP contribution in [0, 0.1) is 6.92 Å². The van der Waals surface area contributed by atoms with E-state index in [0.29, 0.717) is 11.7 Å². The number of anilines is 1. The third-order valence-electron chi connectivity index (χ3n) is 3.70. The number of aromatic nitrogens is 3. The highest BCUT2D eigenvalue weighted by molar-refractivity contribution is 6.02. The number of hydrogen-bond donors (Lipinski definition) is 1.